The lowest BCUT2D eigenvalue weighted by Crippen LogP contribution is -2.28. The van der Waals surface area contributed by atoms with Crippen LogP contribution in [0, 0.1) is 5.92 Å². The molecule has 18 heavy (non-hydrogen) atoms. The maximum atomic E-state index is 11.4. The van der Waals surface area contributed by atoms with E-state index in [1.165, 1.54) is 6.07 Å². The fraction of sp³-hybridized carbons (Fsp3) is 0.692. The van der Waals surface area contributed by atoms with Crippen LogP contribution in [0.4, 0.5) is 5.82 Å². The van der Waals surface area contributed by atoms with E-state index in [4.69, 9.17) is 0 Å². The quantitative estimate of drug-likeness (QED) is 0.689. The summed E-state index contributed by atoms with van der Waals surface area (Å²) in [4.78, 5) is 18.3. The molecule has 0 amide bonds. The fourth-order valence-electron chi connectivity index (χ4n) is 1.97. The van der Waals surface area contributed by atoms with Crippen LogP contribution in [-0.4, -0.2) is 27.7 Å². The van der Waals surface area contributed by atoms with Gasteiger partial charge in [-0.1, -0.05) is 33.6 Å². The second kappa shape index (κ2) is 7.16. The second-order valence-electron chi connectivity index (χ2n) is 4.46. The van der Waals surface area contributed by atoms with Crippen LogP contribution < -0.4 is 10.9 Å². The molecule has 5 heteroatoms. The number of nitrogens with one attached hydrogen (secondary N) is 2. The molecule has 0 aliphatic carbocycles. The van der Waals surface area contributed by atoms with Crippen LogP contribution in [-0.2, 0) is 6.42 Å². The Hall–Kier alpha value is -1.36. The summed E-state index contributed by atoms with van der Waals surface area (Å²) >= 11 is 0. The lowest BCUT2D eigenvalue weighted by Gasteiger charge is -2.20. The van der Waals surface area contributed by atoms with Crippen molar-refractivity contribution in [2.75, 3.05) is 11.9 Å². The zero-order valence-electron chi connectivity index (χ0n) is 11.4. The van der Waals surface area contributed by atoms with Crippen LogP contribution in [0.15, 0.2) is 10.9 Å². The molecule has 0 radical (unpaired) electrons. The van der Waals surface area contributed by atoms with Gasteiger partial charge in [0.2, 0.25) is 0 Å². The maximum Gasteiger partial charge on any atom is 0.252 e. The number of aryl methyl sites for hydroxylation is 1. The minimum absolute atomic E-state index is 0.165. The summed E-state index contributed by atoms with van der Waals surface area (Å²) in [6.45, 7) is 6.49. The molecule has 0 bridgehead atoms. The first-order valence-corrected chi connectivity index (χ1v) is 6.62. The lowest BCUT2D eigenvalue weighted by molar-refractivity contribution is 0.114. The summed E-state index contributed by atoms with van der Waals surface area (Å²) in [6, 6.07) is 1.42. The van der Waals surface area contributed by atoms with Crippen molar-refractivity contribution >= 4 is 5.82 Å². The smallest absolute Gasteiger partial charge is 0.252 e. The monoisotopic (exact) mass is 253 g/mol. The van der Waals surface area contributed by atoms with Crippen molar-refractivity contribution in [1.82, 2.24) is 9.97 Å². The van der Waals surface area contributed by atoms with E-state index in [0.717, 1.165) is 12.8 Å². The minimum Gasteiger partial charge on any atom is -0.391 e. The molecule has 0 fully saturated rings. The molecule has 0 saturated carbocycles. The predicted molar refractivity (Wildman–Crippen MR) is 72.8 cm³/mol. The highest BCUT2D eigenvalue weighted by molar-refractivity contribution is 5.33. The number of anilines is 1. The number of nitrogens with zero attached hydrogens (tertiary/aromatic N) is 1. The Morgan fingerprint density at radius 2 is 2.06 bits per heavy atom. The molecule has 1 aromatic rings. The van der Waals surface area contributed by atoms with E-state index in [1.54, 1.807) is 0 Å². The Morgan fingerprint density at radius 1 is 1.39 bits per heavy atom. The summed E-state index contributed by atoms with van der Waals surface area (Å²) in [5.41, 5.74) is -0.165. The van der Waals surface area contributed by atoms with Gasteiger partial charge in [0, 0.05) is 19.0 Å². The van der Waals surface area contributed by atoms with E-state index in [1.807, 2.05) is 6.92 Å². The number of aromatic nitrogens is 2. The fourth-order valence-corrected chi connectivity index (χ4v) is 1.97. The molecule has 0 aliphatic heterocycles. The number of aliphatic hydroxyl groups is 1. The van der Waals surface area contributed by atoms with Gasteiger partial charge >= 0.3 is 0 Å². The Kier molecular flexibility index (Phi) is 5.85. The van der Waals surface area contributed by atoms with Gasteiger partial charge in [0.1, 0.15) is 11.6 Å². The van der Waals surface area contributed by atoms with Crippen molar-refractivity contribution in [1.29, 1.82) is 0 Å². The average Bonchev–Trinajstić information content (AvgIpc) is 2.37. The van der Waals surface area contributed by atoms with E-state index < -0.39 is 6.10 Å². The molecule has 5 nitrogen and oxygen atoms in total. The molecule has 0 aromatic carbocycles. The number of rotatable bonds is 7. The van der Waals surface area contributed by atoms with Crippen molar-refractivity contribution < 1.29 is 5.11 Å². The van der Waals surface area contributed by atoms with Gasteiger partial charge in [-0.3, -0.25) is 4.79 Å². The van der Waals surface area contributed by atoms with E-state index in [0.29, 0.717) is 24.6 Å². The first-order valence-electron chi connectivity index (χ1n) is 6.62. The van der Waals surface area contributed by atoms with Gasteiger partial charge in [-0.2, -0.15) is 0 Å². The minimum atomic E-state index is -0.411. The third kappa shape index (κ3) is 4.14. The van der Waals surface area contributed by atoms with Crippen molar-refractivity contribution in [3.05, 3.63) is 22.2 Å². The third-order valence-electron chi connectivity index (χ3n) is 3.21. The Labute approximate surface area is 108 Å². The zero-order chi connectivity index (χ0) is 13.5. The summed E-state index contributed by atoms with van der Waals surface area (Å²) in [5, 5.41) is 13.0. The summed E-state index contributed by atoms with van der Waals surface area (Å²) in [5.74, 6) is 1.47. The largest absolute Gasteiger partial charge is 0.391 e. The highest BCUT2D eigenvalue weighted by atomic mass is 16.3. The number of aliphatic hydroxyl groups excluding tert-OH is 1. The number of H-pyrrole nitrogens is 1. The lowest BCUT2D eigenvalue weighted by atomic mass is 9.97. The zero-order valence-corrected chi connectivity index (χ0v) is 11.4. The molecular weight excluding hydrogens is 230 g/mol. The summed E-state index contributed by atoms with van der Waals surface area (Å²) < 4.78 is 0. The molecule has 1 unspecified atom stereocenters. The van der Waals surface area contributed by atoms with Gasteiger partial charge in [0.05, 0.1) is 6.10 Å². The molecule has 1 heterocycles. The third-order valence-corrected chi connectivity index (χ3v) is 3.21. The standard InChI is InChI=1S/C13H23N3O2/c1-4-9(5-2)10(17)8-14-12-7-13(18)16-11(6-3)15-12/h7,9-10,17H,4-6,8H2,1-3H3,(H2,14,15,16,18). The maximum absolute atomic E-state index is 11.4. The first kappa shape index (κ1) is 14.7. The highest BCUT2D eigenvalue weighted by Gasteiger charge is 2.15. The summed E-state index contributed by atoms with van der Waals surface area (Å²) in [6.07, 6.45) is 2.16. The molecule has 1 atom stereocenters. The normalized spacial score (nSPS) is 12.7. The van der Waals surface area contributed by atoms with Crippen LogP contribution in [0.1, 0.15) is 39.4 Å². The van der Waals surface area contributed by atoms with Gasteiger partial charge in [0.25, 0.3) is 5.56 Å². The Balaban J connectivity index is 2.63. The van der Waals surface area contributed by atoms with Gasteiger partial charge < -0.3 is 15.4 Å². The van der Waals surface area contributed by atoms with Gasteiger partial charge in [-0.25, -0.2) is 4.98 Å². The molecule has 3 N–H and O–H groups in total. The van der Waals surface area contributed by atoms with Crippen molar-refractivity contribution in [2.45, 2.75) is 46.1 Å². The molecule has 0 aliphatic rings. The summed E-state index contributed by atoms with van der Waals surface area (Å²) in [7, 11) is 0. The molecule has 102 valence electrons. The van der Waals surface area contributed by atoms with E-state index in [9.17, 15) is 9.90 Å². The first-order chi connectivity index (χ1) is 8.60. The molecule has 0 saturated heterocycles. The SMILES string of the molecule is CCc1nc(NCC(O)C(CC)CC)cc(=O)[nH]1. The molecule has 1 aromatic heterocycles. The van der Waals surface area contributed by atoms with Crippen molar-refractivity contribution in [3.63, 3.8) is 0 Å². The van der Waals surface area contributed by atoms with Crippen LogP contribution in [0.5, 0.6) is 0 Å². The van der Waals surface area contributed by atoms with Crippen molar-refractivity contribution in [3.8, 4) is 0 Å². The van der Waals surface area contributed by atoms with Gasteiger partial charge in [-0.15, -0.1) is 0 Å². The van der Waals surface area contributed by atoms with E-state index in [2.05, 4.69) is 29.1 Å². The van der Waals surface area contributed by atoms with Crippen molar-refractivity contribution in [2.24, 2.45) is 5.92 Å². The van der Waals surface area contributed by atoms with Crippen LogP contribution >= 0.6 is 0 Å². The molecule has 1 rings (SSSR count). The van der Waals surface area contributed by atoms with Crippen LogP contribution in [0.3, 0.4) is 0 Å². The van der Waals surface area contributed by atoms with Gasteiger partial charge in [0.15, 0.2) is 0 Å². The predicted octanol–water partition coefficient (Wildman–Crippen LogP) is 1.54. The van der Waals surface area contributed by atoms with E-state index >= 15 is 0 Å². The number of aromatic amines is 1. The topological polar surface area (TPSA) is 78.0 Å². The second-order valence-corrected chi connectivity index (χ2v) is 4.46. The molecular formula is C13H23N3O2. The number of hydrogen-bond acceptors (Lipinski definition) is 4. The van der Waals surface area contributed by atoms with E-state index in [-0.39, 0.29) is 11.5 Å². The number of hydrogen-bond donors (Lipinski definition) is 3. The average molecular weight is 253 g/mol. The Morgan fingerprint density at radius 3 is 2.61 bits per heavy atom. The van der Waals surface area contributed by atoms with Crippen LogP contribution in [0.25, 0.3) is 0 Å². The van der Waals surface area contributed by atoms with Crippen LogP contribution in [0.2, 0.25) is 0 Å². The van der Waals surface area contributed by atoms with Gasteiger partial charge in [-0.05, 0) is 5.92 Å². The Bertz CT molecular complexity index is 413. The highest BCUT2D eigenvalue weighted by Crippen LogP contribution is 2.13. The molecule has 0 spiro atoms.